The van der Waals surface area contributed by atoms with Gasteiger partial charge in [0, 0.05) is 11.1 Å². The van der Waals surface area contributed by atoms with E-state index in [0.29, 0.717) is 12.8 Å². The Bertz CT molecular complexity index is 541. The second kappa shape index (κ2) is 10.0. The fourth-order valence-electron chi connectivity index (χ4n) is 3.71. The molecule has 1 fully saturated rings. The van der Waals surface area contributed by atoms with E-state index in [1.54, 1.807) is 0 Å². The molecular weight excluding hydrogens is 354 g/mol. The van der Waals surface area contributed by atoms with Gasteiger partial charge in [-0.25, -0.2) is 4.79 Å². The molecule has 5 nitrogen and oxygen atoms in total. The van der Waals surface area contributed by atoms with Crippen LogP contribution in [-0.4, -0.2) is 45.0 Å². The normalized spacial score (nSPS) is 22.5. The number of carbonyl (C=O) groups is 1. The minimum absolute atomic E-state index is 0.229. The highest BCUT2D eigenvalue weighted by molar-refractivity contribution is 5.75. The Balaban J connectivity index is 3.00. The van der Waals surface area contributed by atoms with E-state index in [1.807, 2.05) is 57.1 Å². The number of nitrogens with zero attached hydrogens (tertiary/aromatic N) is 1. The van der Waals surface area contributed by atoms with Crippen molar-refractivity contribution >= 4 is 5.97 Å². The summed E-state index contributed by atoms with van der Waals surface area (Å²) < 4.78 is 5.56. The average Bonchev–Trinajstić information content (AvgIpc) is 2.51. The first-order chi connectivity index (χ1) is 12.8. The molecule has 0 aromatic heterocycles. The minimum atomic E-state index is -1.05. The number of esters is 1. The van der Waals surface area contributed by atoms with Crippen molar-refractivity contribution in [1.29, 1.82) is 0 Å². The third kappa shape index (κ3) is 7.69. The molecule has 1 rings (SSSR count). The fourth-order valence-corrected chi connectivity index (χ4v) is 3.71. The van der Waals surface area contributed by atoms with Gasteiger partial charge in [-0.2, -0.15) is 5.06 Å². The zero-order valence-corrected chi connectivity index (χ0v) is 19.1. The van der Waals surface area contributed by atoms with Crippen molar-refractivity contribution in [3.05, 3.63) is 24.3 Å². The molecule has 0 aromatic rings. The number of allylic oxidation sites excluding steroid dienone is 4. The first-order valence-corrected chi connectivity index (χ1v) is 10.5. The number of ether oxygens (including phenoxy) is 1. The summed E-state index contributed by atoms with van der Waals surface area (Å²) in [6.07, 6.45) is 9.93. The fraction of sp³-hybridized carbons (Fsp3) is 0.783. The number of aliphatic hydroxyl groups is 1. The van der Waals surface area contributed by atoms with Crippen molar-refractivity contribution in [2.75, 3.05) is 0 Å². The zero-order valence-electron chi connectivity index (χ0n) is 19.1. The van der Waals surface area contributed by atoms with Gasteiger partial charge >= 0.3 is 5.97 Å². The molecule has 1 aliphatic heterocycles. The van der Waals surface area contributed by atoms with Crippen molar-refractivity contribution in [3.8, 4) is 0 Å². The van der Waals surface area contributed by atoms with Gasteiger partial charge in [-0.1, -0.05) is 24.3 Å². The van der Waals surface area contributed by atoms with Gasteiger partial charge in [0.05, 0.1) is 6.10 Å². The predicted octanol–water partition coefficient (Wildman–Crippen LogP) is 4.94. The average molecular weight is 396 g/mol. The highest BCUT2D eigenvalue weighted by Gasteiger charge is 2.46. The van der Waals surface area contributed by atoms with Crippen LogP contribution < -0.4 is 0 Å². The summed E-state index contributed by atoms with van der Waals surface area (Å²) in [5.41, 5.74) is -1.10. The molecule has 0 bridgehead atoms. The number of hydrogen-bond donors (Lipinski definition) is 1. The van der Waals surface area contributed by atoms with E-state index in [-0.39, 0.29) is 11.1 Å². The van der Waals surface area contributed by atoms with Crippen LogP contribution in [0.3, 0.4) is 0 Å². The van der Waals surface area contributed by atoms with Crippen LogP contribution in [-0.2, 0) is 14.4 Å². The second-order valence-electron chi connectivity index (χ2n) is 9.93. The Morgan fingerprint density at radius 3 is 2.21 bits per heavy atom. The molecule has 0 aromatic carbocycles. The lowest BCUT2D eigenvalue weighted by molar-refractivity contribution is -0.315. The van der Waals surface area contributed by atoms with E-state index in [0.717, 1.165) is 19.3 Å². The first-order valence-electron chi connectivity index (χ1n) is 10.5. The number of hydroxylamine groups is 2. The molecule has 0 amide bonds. The highest BCUT2D eigenvalue weighted by Crippen LogP contribution is 2.39. The van der Waals surface area contributed by atoms with Crippen molar-refractivity contribution in [3.63, 3.8) is 0 Å². The van der Waals surface area contributed by atoms with Gasteiger partial charge in [-0.3, -0.25) is 4.84 Å². The van der Waals surface area contributed by atoms with Gasteiger partial charge in [-0.15, -0.1) is 0 Å². The van der Waals surface area contributed by atoms with Crippen LogP contribution >= 0.6 is 0 Å². The largest absolute Gasteiger partial charge is 0.458 e. The van der Waals surface area contributed by atoms with Crippen molar-refractivity contribution < 1.29 is 19.5 Å². The lowest BCUT2D eigenvalue weighted by Crippen LogP contribution is -2.61. The molecular formula is C23H41NO4. The van der Waals surface area contributed by atoms with E-state index in [1.165, 1.54) is 0 Å². The third-order valence-electron chi connectivity index (χ3n) is 4.95. The Morgan fingerprint density at radius 2 is 1.71 bits per heavy atom. The smallest absolute Gasteiger partial charge is 0.340 e. The summed E-state index contributed by atoms with van der Waals surface area (Å²) in [6.45, 7) is 15.9. The topological polar surface area (TPSA) is 59.0 Å². The minimum Gasteiger partial charge on any atom is -0.458 e. The number of hydrogen-bond acceptors (Lipinski definition) is 5. The summed E-state index contributed by atoms with van der Waals surface area (Å²) in [5, 5.41) is 12.7. The van der Waals surface area contributed by atoms with E-state index >= 15 is 0 Å². The van der Waals surface area contributed by atoms with Crippen LogP contribution in [0.2, 0.25) is 0 Å². The Morgan fingerprint density at radius 1 is 1.14 bits per heavy atom. The van der Waals surface area contributed by atoms with Crippen LogP contribution in [0.1, 0.15) is 87.5 Å². The van der Waals surface area contributed by atoms with Crippen LogP contribution in [0.4, 0.5) is 0 Å². The molecule has 2 atom stereocenters. The zero-order chi connectivity index (χ0) is 21.6. The maximum atomic E-state index is 12.9. The SMILES string of the molecule is C/C=C/C=C/CC[C@H](O)[C@H](ON1C(C)(C)CCCC1(C)C)C(=O)OC(C)(C)C. The molecule has 162 valence electrons. The van der Waals surface area contributed by atoms with E-state index in [4.69, 9.17) is 9.57 Å². The molecule has 0 radical (unpaired) electrons. The number of rotatable bonds is 8. The molecule has 0 unspecified atom stereocenters. The number of piperidine rings is 1. The standard InChI is InChI=1S/C23H41NO4/c1-9-10-11-12-13-15-18(25)19(20(26)27-21(2,3)4)28-24-22(5,6)16-14-17-23(24,7)8/h9-12,18-19,25H,13-17H2,1-8H3/b10-9+,12-11+/t18-,19-/m0/s1. The van der Waals surface area contributed by atoms with Crippen molar-refractivity contribution in [2.45, 2.75) is 116 Å². The van der Waals surface area contributed by atoms with Gasteiger partial charge in [0.15, 0.2) is 0 Å². The molecule has 0 saturated carbocycles. The monoisotopic (exact) mass is 395 g/mol. The van der Waals surface area contributed by atoms with Crippen molar-refractivity contribution in [1.82, 2.24) is 5.06 Å². The van der Waals surface area contributed by atoms with Gasteiger partial charge < -0.3 is 9.84 Å². The van der Waals surface area contributed by atoms with Crippen LogP contribution in [0, 0.1) is 0 Å². The third-order valence-corrected chi connectivity index (χ3v) is 4.95. The second-order valence-corrected chi connectivity index (χ2v) is 9.93. The number of carbonyl (C=O) groups excluding carboxylic acids is 1. The molecule has 28 heavy (non-hydrogen) atoms. The highest BCUT2D eigenvalue weighted by atomic mass is 16.7. The molecule has 1 N–H and O–H groups in total. The molecule has 5 heteroatoms. The van der Waals surface area contributed by atoms with Crippen molar-refractivity contribution in [2.24, 2.45) is 0 Å². The lowest BCUT2D eigenvalue weighted by Gasteiger charge is -2.52. The number of aliphatic hydroxyl groups excluding tert-OH is 1. The Labute approximate surface area is 171 Å². The van der Waals surface area contributed by atoms with Crippen LogP contribution in [0.5, 0.6) is 0 Å². The molecule has 0 spiro atoms. The summed E-state index contributed by atoms with van der Waals surface area (Å²) in [5.74, 6) is -0.519. The van der Waals surface area contributed by atoms with Gasteiger partial charge in [0.1, 0.15) is 5.60 Å². The summed E-state index contributed by atoms with van der Waals surface area (Å²) >= 11 is 0. The van der Waals surface area contributed by atoms with E-state index < -0.39 is 23.8 Å². The van der Waals surface area contributed by atoms with Gasteiger partial charge in [0.2, 0.25) is 6.10 Å². The predicted molar refractivity (Wildman–Crippen MR) is 114 cm³/mol. The van der Waals surface area contributed by atoms with Crippen LogP contribution in [0.15, 0.2) is 24.3 Å². The summed E-state index contributed by atoms with van der Waals surface area (Å²) in [7, 11) is 0. The quantitative estimate of drug-likeness (QED) is 0.466. The Hall–Kier alpha value is -1.17. The van der Waals surface area contributed by atoms with Crippen LogP contribution in [0.25, 0.3) is 0 Å². The van der Waals surface area contributed by atoms with E-state index in [2.05, 4.69) is 27.7 Å². The molecule has 0 aliphatic carbocycles. The summed E-state index contributed by atoms with van der Waals surface area (Å²) in [6, 6.07) is 0. The molecule has 1 heterocycles. The maximum absolute atomic E-state index is 12.9. The van der Waals surface area contributed by atoms with Gasteiger partial charge in [0.25, 0.3) is 0 Å². The first kappa shape index (κ1) is 24.9. The van der Waals surface area contributed by atoms with E-state index in [9.17, 15) is 9.90 Å². The molecule has 1 saturated heterocycles. The molecule has 1 aliphatic rings. The maximum Gasteiger partial charge on any atom is 0.340 e. The summed E-state index contributed by atoms with van der Waals surface area (Å²) in [4.78, 5) is 19.1. The Kier molecular flexibility index (Phi) is 8.92. The van der Waals surface area contributed by atoms with Gasteiger partial charge in [-0.05, 0) is 87.5 Å². The lowest BCUT2D eigenvalue weighted by atomic mass is 9.82.